The quantitative estimate of drug-likeness (QED) is 0.765. The topological polar surface area (TPSA) is 99.4 Å². The second-order valence-electron chi connectivity index (χ2n) is 6.93. The number of piperidine rings is 1. The predicted octanol–water partition coefficient (Wildman–Crippen LogP) is 0.473. The summed E-state index contributed by atoms with van der Waals surface area (Å²) in [6.07, 6.45) is 6.42. The van der Waals surface area contributed by atoms with Crippen molar-refractivity contribution in [2.45, 2.75) is 12.8 Å². The molecule has 3 rings (SSSR count). The second kappa shape index (κ2) is 6.86. The molecule has 25 heavy (non-hydrogen) atoms. The van der Waals surface area contributed by atoms with E-state index in [0.717, 1.165) is 31.6 Å². The summed E-state index contributed by atoms with van der Waals surface area (Å²) in [5.41, 5.74) is 0.860. The Kier molecular flexibility index (Phi) is 4.95. The summed E-state index contributed by atoms with van der Waals surface area (Å²) < 4.78 is 30.9. The molecule has 136 valence electrons. The van der Waals surface area contributed by atoms with Gasteiger partial charge in [0, 0.05) is 39.2 Å². The summed E-state index contributed by atoms with van der Waals surface area (Å²) >= 11 is 0. The fourth-order valence-corrected chi connectivity index (χ4v) is 4.93. The fraction of sp³-hybridized carbons (Fsp3) is 0.688. The molecule has 2 saturated heterocycles. The second-order valence-corrected chi connectivity index (χ2v) is 8.92. The van der Waals surface area contributed by atoms with Crippen molar-refractivity contribution in [1.29, 1.82) is 5.26 Å². The highest BCUT2D eigenvalue weighted by Crippen LogP contribution is 2.46. The van der Waals surface area contributed by atoms with Crippen LogP contribution in [0, 0.1) is 22.7 Å². The number of ether oxygens (including phenoxy) is 1. The first-order valence-corrected chi connectivity index (χ1v) is 10.1. The van der Waals surface area contributed by atoms with Crippen molar-refractivity contribution in [3.05, 3.63) is 18.2 Å². The zero-order valence-electron chi connectivity index (χ0n) is 14.6. The third-order valence-electron chi connectivity index (χ3n) is 5.48. The zero-order valence-corrected chi connectivity index (χ0v) is 15.4. The fourth-order valence-electron chi connectivity index (χ4n) is 3.99. The Bertz CT molecular complexity index is 751. The number of rotatable bonds is 4. The van der Waals surface area contributed by atoms with E-state index in [-0.39, 0.29) is 17.2 Å². The molecule has 3 heterocycles. The lowest BCUT2D eigenvalue weighted by atomic mass is 9.71. The van der Waals surface area contributed by atoms with Crippen molar-refractivity contribution < 1.29 is 13.2 Å². The summed E-state index contributed by atoms with van der Waals surface area (Å²) in [5, 5.41) is 8.79. The molecular weight excluding hydrogens is 342 g/mol. The number of hydrogen-bond acceptors (Lipinski definition) is 7. The van der Waals surface area contributed by atoms with E-state index in [1.807, 2.05) is 6.07 Å². The summed E-state index contributed by atoms with van der Waals surface area (Å²) in [5.74, 6) is 0.378. The number of nitriles is 1. The van der Waals surface area contributed by atoms with Crippen LogP contribution in [0.4, 0.5) is 5.69 Å². The van der Waals surface area contributed by atoms with E-state index in [1.165, 1.54) is 6.26 Å². The summed E-state index contributed by atoms with van der Waals surface area (Å²) in [7, 11) is -1.52. The van der Waals surface area contributed by atoms with Crippen LogP contribution in [0.2, 0.25) is 0 Å². The molecule has 8 nitrogen and oxygen atoms in total. The zero-order chi connectivity index (χ0) is 18.1. The van der Waals surface area contributed by atoms with Crippen LogP contribution < -0.4 is 4.90 Å². The Balaban J connectivity index is 1.73. The van der Waals surface area contributed by atoms with Gasteiger partial charge in [-0.05, 0) is 18.3 Å². The van der Waals surface area contributed by atoms with Gasteiger partial charge in [-0.25, -0.2) is 22.7 Å². The first kappa shape index (κ1) is 18.0. The minimum absolute atomic E-state index is 0.0386. The van der Waals surface area contributed by atoms with E-state index in [4.69, 9.17) is 10.00 Å². The lowest BCUT2D eigenvalue weighted by Crippen LogP contribution is -2.45. The van der Waals surface area contributed by atoms with Crippen molar-refractivity contribution in [2.75, 3.05) is 51.1 Å². The maximum absolute atomic E-state index is 12.0. The van der Waals surface area contributed by atoms with Crippen molar-refractivity contribution in [3.63, 3.8) is 0 Å². The lowest BCUT2D eigenvalue weighted by molar-refractivity contribution is 0.0764. The Morgan fingerprint density at radius 2 is 2.00 bits per heavy atom. The van der Waals surface area contributed by atoms with Crippen LogP contribution in [-0.2, 0) is 14.8 Å². The van der Waals surface area contributed by atoms with Crippen LogP contribution in [0.15, 0.2) is 12.4 Å². The van der Waals surface area contributed by atoms with Gasteiger partial charge >= 0.3 is 0 Å². The van der Waals surface area contributed by atoms with E-state index in [0.29, 0.717) is 19.7 Å². The summed E-state index contributed by atoms with van der Waals surface area (Å²) in [4.78, 5) is 10.3. The number of aromatic nitrogens is 2. The molecule has 2 aliphatic heterocycles. The molecule has 1 atom stereocenters. The number of anilines is 1. The van der Waals surface area contributed by atoms with Crippen molar-refractivity contribution in [2.24, 2.45) is 11.3 Å². The molecule has 0 bridgehead atoms. The van der Waals surface area contributed by atoms with Gasteiger partial charge in [-0.2, -0.15) is 5.26 Å². The Morgan fingerprint density at radius 1 is 1.36 bits per heavy atom. The Labute approximate surface area is 148 Å². The van der Waals surface area contributed by atoms with Gasteiger partial charge in [0.05, 0.1) is 30.9 Å². The van der Waals surface area contributed by atoms with Gasteiger partial charge in [0.15, 0.2) is 0 Å². The summed E-state index contributed by atoms with van der Waals surface area (Å²) in [6, 6.07) is 1.92. The van der Waals surface area contributed by atoms with Crippen LogP contribution in [0.1, 0.15) is 18.7 Å². The molecule has 2 fully saturated rings. The van der Waals surface area contributed by atoms with E-state index in [1.54, 1.807) is 23.8 Å². The minimum Gasteiger partial charge on any atom is -0.384 e. The third-order valence-corrected chi connectivity index (χ3v) is 6.70. The molecule has 1 aromatic rings. The third kappa shape index (κ3) is 3.61. The molecule has 0 N–H and O–H groups in total. The highest BCUT2D eigenvalue weighted by molar-refractivity contribution is 7.88. The van der Waals surface area contributed by atoms with Crippen molar-refractivity contribution in [3.8, 4) is 6.07 Å². The van der Waals surface area contributed by atoms with Gasteiger partial charge < -0.3 is 9.64 Å². The van der Waals surface area contributed by atoms with Gasteiger partial charge in [-0.1, -0.05) is 0 Å². The first-order valence-electron chi connectivity index (χ1n) is 8.29. The predicted molar refractivity (Wildman–Crippen MR) is 92.4 cm³/mol. The number of hydrogen-bond donors (Lipinski definition) is 0. The maximum Gasteiger partial charge on any atom is 0.232 e. The van der Waals surface area contributed by atoms with Crippen molar-refractivity contribution >= 4 is 15.7 Å². The van der Waals surface area contributed by atoms with Crippen LogP contribution in [0.5, 0.6) is 0 Å². The number of nitrogens with zero attached hydrogens (tertiary/aromatic N) is 5. The van der Waals surface area contributed by atoms with Crippen LogP contribution in [-0.4, -0.2) is 68.8 Å². The largest absolute Gasteiger partial charge is 0.384 e. The Hall–Kier alpha value is -1.76. The number of methoxy groups -OCH3 is 1. The molecule has 9 heteroatoms. The molecule has 1 spiro atoms. The summed E-state index contributed by atoms with van der Waals surface area (Å²) in [6.45, 7) is 3.30. The minimum atomic E-state index is -3.19. The average molecular weight is 365 g/mol. The van der Waals surface area contributed by atoms with Gasteiger partial charge in [0.25, 0.3) is 0 Å². The lowest BCUT2D eigenvalue weighted by Gasteiger charge is -2.43. The molecule has 0 unspecified atom stereocenters. The Morgan fingerprint density at radius 3 is 2.52 bits per heavy atom. The van der Waals surface area contributed by atoms with Crippen LogP contribution in [0.3, 0.4) is 0 Å². The standard InChI is InChI=1S/C16H23N5O3S/c1-24-11-13-10-21(25(2,22)23)12-16(13)3-5-20(6-4-16)14-8-18-15(7-17)19-9-14/h8-9,13H,3-6,10-12H2,1-2H3/t13-/m0/s1. The molecular formula is C16H23N5O3S. The molecule has 0 aromatic carbocycles. The van der Waals surface area contributed by atoms with Gasteiger partial charge in [-0.15, -0.1) is 0 Å². The molecule has 0 radical (unpaired) electrons. The molecule has 0 aliphatic carbocycles. The average Bonchev–Trinajstić information content (AvgIpc) is 2.95. The van der Waals surface area contributed by atoms with E-state index in [9.17, 15) is 8.42 Å². The maximum atomic E-state index is 12.0. The molecule has 0 amide bonds. The number of sulfonamides is 1. The smallest absolute Gasteiger partial charge is 0.232 e. The van der Waals surface area contributed by atoms with Gasteiger partial charge in [0.2, 0.25) is 15.8 Å². The normalized spacial score (nSPS) is 23.7. The monoisotopic (exact) mass is 365 g/mol. The SMILES string of the molecule is COC[C@@H]1CN(S(C)(=O)=O)CC12CCN(c1cnc(C#N)nc1)CC2. The van der Waals surface area contributed by atoms with E-state index in [2.05, 4.69) is 14.9 Å². The van der Waals surface area contributed by atoms with Crippen molar-refractivity contribution in [1.82, 2.24) is 14.3 Å². The van der Waals surface area contributed by atoms with E-state index < -0.39 is 10.0 Å². The van der Waals surface area contributed by atoms with E-state index >= 15 is 0 Å². The van der Waals surface area contributed by atoms with Crippen LogP contribution >= 0.6 is 0 Å². The highest BCUT2D eigenvalue weighted by atomic mass is 32.2. The van der Waals surface area contributed by atoms with Gasteiger partial charge in [-0.3, -0.25) is 0 Å². The molecule has 1 aromatic heterocycles. The molecule has 2 aliphatic rings. The van der Waals surface area contributed by atoms with Crippen LogP contribution in [0.25, 0.3) is 0 Å². The van der Waals surface area contributed by atoms with Gasteiger partial charge in [0.1, 0.15) is 6.07 Å². The highest BCUT2D eigenvalue weighted by Gasteiger charge is 2.50. The first-order chi connectivity index (χ1) is 11.9. The molecule has 0 saturated carbocycles.